The van der Waals surface area contributed by atoms with E-state index in [1.807, 2.05) is 71.6 Å². The van der Waals surface area contributed by atoms with Crippen molar-refractivity contribution >= 4 is 17.5 Å². The molecular weight excluding hydrogens is 366 g/mol. The Labute approximate surface area is 169 Å². The first-order chi connectivity index (χ1) is 14.2. The molecule has 1 N–H and O–H groups in total. The van der Waals surface area contributed by atoms with Crippen LogP contribution in [0.4, 0.5) is 16.3 Å². The number of amides is 2. The zero-order chi connectivity index (χ0) is 20.1. The molecule has 1 saturated heterocycles. The van der Waals surface area contributed by atoms with E-state index in [1.165, 1.54) is 0 Å². The summed E-state index contributed by atoms with van der Waals surface area (Å²) in [5, 5.41) is 11.7. The van der Waals surface area contributed by atoms with Crippen molar-refractivity contribution in [1.82, 2.24) is 15.1 Å². The van der Waals surface area contributed by atoms with E-state index in [0.29, 0.717) is 13.1 Å². The molecule has 0 atom stereocenters. The van der Waals surface area contributed by atoms with Gasteiger partial charge in [0, 0.05) is 37.4 Å². The number of nitrogens with one attached hydrogen (secondary N) is 1. The predicted molar refractivity (Wildman–Crippen MR) is 113 cm³/mol. The van der Waals surface area contributed by atoms with E-state index in [4.69, 9.17) is 4.74 Å². The summed E-state index contributed by atoms with van der Waals surface area (Å²) in [5.41, 5.74) is 2.65. The zero-order valence-corrected chi connectivity index (χ0v) is 16.3. The molecule has 1 aromatic heterocycles. The molecule has 2 amide bonds. The normalized spacial score (nSPS) is 13.8. The molecular formula is C22H23N5O2. The first-order valence-electron chi connectivity index (χ1n) is 9.57. The third-order valence-electron chi connectivity index (χ3n) is 4.95. The predicted octanol–water partition coefficient (Wildman–Crippen LogP) is 3.51. The second-order valence-electron chi connectivity index (χ2n) is 6.78. The number of carbonyl (C=O) groups excluding carboxylic acids is 1. The Morgan fingerprint density at radius 1 is 0.897 bits per heavy atom. The molecule has 29 heavy (non-hydrogen) atoms. The van der Waals surface area contributed by atoms with E-state index in [2.05, 4.69) is 20.4 Å². The van der Waals surface area contributed by atoms with E-state index in [-0.39, 0.29) is 6.03 Å². The Bertz CT molecular complexity index is 937. The van der Waals surface area contributed by atoms with Crippen LogP contribution in [0, 0.1) is 0 Å². The average Bonchev–Trinajstić information content (AvgIpc) is 2.80. The Balaban J connectivity index is 1.32. The summed E-state index contributed by atoms with van der Waals surface area (Å²) < 4.78 is 5.14. The van der Waals surface area contributed by atoms with Gasteiger partial charge in [0.2, 0.25) is 0 Å². The number of piperazine rings is 1. The van der Waals surface area contributed by atoms with Crippen molar-refractivity contribution in [2.24, 2.45) is 0 Å². The van der Waals surface area contributed by atoms with Crippen LogP contribution in [0.3, 0.4) is 0 Å². The minimum absolute atomic E-state index is 0.0969. The highest BCUT2D eigenvalue weighted by molar-refractivity contribution is 5.89. The maximum Gasteiger partial charge on any atom is 0.321 e. The molecule has 0 bridgehead atoms. The molecule has 0 spiro atoms. The highest BCUT2D eigenvalue weighted by Crippen LogP contribution is 2.20. The van der Waals surface area contributed by atoms with Crippen LogP contribution in [-0.4, -0.2) is 54.4 Å². The highest BCUT2D eigenvalue weighted by Gasteiger charge is 2.22. The van der Waals surface area contributed by atoms with Crippen molar-refractivity contribution in [3.63, 3.8) is 0 Å². The lowest BCUT2D eigenvalue weighted by atomic mass is 10.1. The van der Waals surface area contributed by atoms with Crippen LogP contribution < -0.4 is 15.0 Å². The molecule has 0 unspecified atom stereocenters. The summed E-state index contributed by atoms with van der Waals surface area (Å²) >= 11 is 0. The second kappa shape index (κ2) is 8.60. The van der Waals surface area contributed by atoms with Gasteiger partial charge in [-0.15, -0.1) is 10.2 Å². The molecule has 4 rings (SSSR count). The molecule has 3 aromatic rings. The Morgan fingerprint density at radius 3 is 2.24 bits per heavy atom. The van der Waals surface area contributed by atoms with Crippen molar-refractivity contribution in [3.8, 4) is 17.0 Å². The number of urea groups is 1. The van der Waals surface area contributed by atoms with E-state index < -0.39 is 0 Å². The minimum Gasteiger partial charge on any atom is -0.497 e. The number of hydrogen-bond acceptors (Lipinski definition) is 5. The van der Waals surface area contributed by atoms with Crippen LogP contribution in [0.5, 0.6) is 5.75 Å². The van der Waals surface area contributed by atoms with E-state index >= 15 is 0 Å². The average molecular weight is 389 g/mol. The summed E-state index contributed by atoms with van der Waals surface area (Å²) in [4.78, 5) is 16.5. The molecule has 1 aliphatic heterocycles. The van der Waals surface area contributed by atoms with E-state index in [1.54, 1.807) is 7.11 Å². The lowest BCUT2D eigenvalue weighted by Gasteiger charge is -2.35. The number of anilines is 2. The van der Waals surface area contributed by atoms with Crippen molar-refractivity contribution in [3.05, 3.63) is 66.7 Å². The topological polar surface area (TPSA) is 70.6 Å². The molecule has 1 aliphatic rings. The first-order valence-corrected chi connectivity index (χ1v) is 9.57. The maximum absolute atomic E-state index is 12.5. The third-order valence-corrected chi connectivity index (χ3v) is 4.95. The molecule has 0 radical (unpaired) electrons. The van der Waals surface area contributed by atoms with Gasteiger partial charge in [-0.2, -0.15) is 0 Å². The summed E-state index contributed by atoms with van der Waals surface area (Å²) in [6.07, 6.45) is 0. The van der Waals surface area contributed by atoms with E-state index in [9.17, 15) is 4.79 Å². The van der Waals surface area contributed by atoms with Crippen molar-refractivity contribution < 1.29 is 9.53 Å². The van der Waals surface area contributed by atoms with Gasteiger partial charge in [-0.3, -0.25) is 0 Å². The molecule has 0 aliphatic carbocycles. The van der Waals surface area contributed by atoms with Crippen LogP contribution in [0.25, 0.3) is 11.3 Å². The monoisotopic (exact) mass is 389 g/mol. The standard InChI is InChI=1S/C22H23N5O2/c1-29-19-9-7-18(8-10-19)23-22(28)27-15-13-26(14-16-27)21-12-11-20(24-25-21)17-5-3-2-4-6-17/h2-12H,13-16H2,1H3,(H,23,28). The number of ether oxygens (including phenoxy) is 1. The van der Waals surface area contributed by atoms with Crippen molar-refractivity contribution in [1.29, 1.82) is 0 Å². The molecule has 7 nitrogen and oxygen atoms in total. The molecule has 2 aromatic carbocycles. The number of aromatic nitrogens is 2. The SMILES string of the molecule is COc1ccc(NC(=O)N2CCN(c3ccc(-c4ccccc4)nn3)CC2)cc1. The van der Waals surface area contributed by atoms with Gasteiger partial charge in [-0.1, -0.05) is 30.3 Å². The molecule has 7 heteroatoms. The highest BCUT2D eigenvalue weighted by atomic mass is 16.5. The van der Waals surface area contributed by atoms with Gasteiger partial charge in [0.25, 0.3) is 0 Å². The first kappa shape index (κ1) is 18.7. The number of carbonyl (C=O) groups is 1. The molecule has 148 valence electrons. The van der Waals surface area contributed by atoms with Gasteiger partial charge in [0.15, 0.2) is 5.82 Å². The van der Waals surface area contributed by atoms with Crippen LogP contribution in [0.15, 0.2) is 66.7 Å². The number of rotatable bonds is 4. The summed E-state index contributed by atoms with van der Waals surface area (Å²) in [6.45, 7) is 2.69. The van der Waals surface area contributed by atoms with Crippen LogP contribution in [0.2, 0.25) is 0 Å². The van der Waals surface area contributed by atoms with Gasteiger partial charge < -0.3 is 19.9 Å². The molecule has 0 saturated carbocycles. The van der Waals surface area contributed by atoms with Crippen LogP contribution in [0.1, 0.15) is 0 Å². The summed E-state index contributed by atoms with van der Waals surface area (Å²) in [5.74, 6) is 1.59. The van der Waals surface area contributed by atoms with Gasteiger partial charge in [-0.25, -0.2) is 4.79 Å². The van der Waals surface area contributed by atoms with Gasteiger partial charge in [0.1, 0.15) is 5.75 Å². The third kappa shape index (κ3) is 4.45. The lowest BCUT2D eigenvalue weighted by Crippen LogP contribution is -2.50. The fourth-order valence-corrected chi connectivity index (χ4v) is 3.27. The van der Waals surface area contributed by atoms with E-state index in [0.717, 1.165) is 41.6 Å². The maximum atomic E-state index is 12.5. The molecule has 2 heterocycles. The van der Waals surface area contributed by atoms with Gasteiger partial charge in [-0.05, 0) is 36.4 Å². The zero-order valence-electron chi connectivity index (χ0n) is 16.3. The van der Waals surface area contributed by atoms with Crippen molar-refractivity contribution in [2.75, 3.05) is 43.5 Å². The number of hydrogen-bond donors (Lipinski definition) is 1. The van der Waals surface area contributed by atoms with Gasteiger partial charge in [0.05, 0.1) is 12.8 Å². The fraction of sp³-hybridized carbons (Fsp3) is 0.227. The van der Waals surface area contributed by atoms with Crippen molar-refractivity contribution in [2.45, 2.75) is 0 Å². The summed E-state index contributed by atoms with van der Waals surface area (Å²) in [6, 6.07) is 21.2. The second-order valence-corrected chi connectivity index (χ2v) is 6.78. The van der Waals surface area contributed by atoms with Crippen LogP contribution in [-0.2, 0) is 0 Å². The Morgan fingerprint density at radius 2 is 1.62 bits per heavy atom. The minimum atomic E-state index is -0.0969. The van der Waals surface area contributed by atoms with Gasteiger partial charge >= 0.3 is 6.03 Å². The number of benzene rings is 2. The largest absolute Gasteiger partial charge is 0.497 e. The summed E-state index contributed by atoms with van der Waals surface area (Å²) in [7, 11) is 1.62. The number of methoxy groups -OCH3 is 1. The fourth-order valence-electron chi connectivity index (χ4n) is 3.27. The lowest BCUT2D eigenvalue weighted by molar-refractivity contribution is 0.208. The Hall–Kier alpha value is -3.61. The smallest absolute Gasteiger partial charge is 0.321 e. The molecule has 1 fully saturated rings. The Kier molecular flexibility index (Phi) is 5.56. The quantitative estimate of drug-likeness (QED) is 0.739. The number of nitrogens with zero attached hydrogens (tertiary/aromatic N) is 4. The van der Waals surface area contributed by atoms with Crippen LogP contribution >= 0.6 is 0 Å².